The number of rotatable bonds is 9. The lowest BCUT2D eigenvalue weighted by atomic mass is 9.87. The van der Waals surface area contributed by atoms with Crippen LogP contribution in [0.4, 0.5) is 30.7 Å². The Hall–Kier alpha value is -4.76. The van der Waals surface area contributed by atoms with Gasteiger partial charge in [0.05, 0.1) is 25.5 Å². The number of benzene rings is 2. The van der Waals surface area contributed by atoms with E-state index in [0.717, 1.165) is 37.1 Å². The second-order valence-corrected chi connectivity index (χ2v) is 10.3. The summed E-state index contributed by atoms with van der Waals surface area (Å²) >= 11 is 0. The molecule has 3 aromatic rings. The summed E-state index contributed by atoms with van der Waals surface area (Å²) in [7, 11) is 1.29. The van der Waals surface area contributed by atoms with Crippen molar-refractivity contribution in [2.45, 2.75) is 42.4 Å². The smallest absolute Gasteiger partial charge is 0.424 e. The molecule has 1 saturated carbocycles. The Balaban J connectivity index is 1.59. The molecule has 2 atom stereocenters. The molecule has 0 radical (unpaired) electrons. The number of aromatic nitrogens is 1. The molecule has 1 fully saturated rings. The van der Waals surface area contributed by atoms with Gasteiger partial charge in [-0.15, -0.1) is 0 Å². The maximum atomic E-state index is 14.6. The highest BCUT2D eigenvalue weighted by Gasteiger charge is 2.63. The van der Waals surface area contributed by atoms with Crippen LogP contribution in [0.25, 0.3) is 21.7 Å². The monoisotopic (exact) mass is 641 g/mol. The van der Waals surface area contributed by atoms with Crippen molar-refractivity contribution < 1.29 is 54.8 Å². The molecular formula is C28H22F7N5O5. The van der Waals surface area contributed by atoms with Gasteiger partial charge in [-0.3, -0.25) is 4.79 Å². The molecule has 0 saturated heterocycles. The SMILES string of the molecule is COc1cc(C(=O)NCC(O)(c2cc3c(c(-c4ccc(F)cc4)n2)OC[C@@]3(N=[N+]=[N-])C(F)(F)F)C(F)(F)F)ccc1OC1CC1. The average molecular weight is 642 g/mol. The molecule has 45 heavy (non-hydrogen) atoms. The number of alkyl halides is 6. The van der Waals surface area contributed by atoms with Crippen LogP contribution in [0, 0.1) is 5.82 Å². The third-order valence-electron chi connectivity index (χ3n) is 7.29. The highest BCUT2D eigenvalue weighted by atomic mass is 19.4. The molecular weight excluding hydrogens is 619 g/mol. The standard InChI is InChI=1S/C28H22F7N5O5/c1-43-20-10-15(4-9-19(20)45-17-7-8-17)24(41)37-12-26(42,28(33,34)35)21-11-18-23(22(38-21)14-2-5-16(29)6-3-14)44-13-25(18,39-40-36)27(30,31)32/h2-6,9-11,17,42H,7-8,12-13H2,1H3,(H,37,41)/t25-,26?/m0/s1. The van der Waals surface area contributed by atoms with E-state index in [1.54, 1.807) is 0 Å². The van der Waals surface area contributed by atoms with Crippen molar-refractivity contribution in [1.82, 2.24) is 10.3 Å². The number of carbonyl (C=O) groups is 1. The Morgan fingerprint density at radius 1 is 1.13 bits per heavy atom. The highest BCUT2D eigenvalue weighted by Crippen LogP contribution is 2.54. The van der Waals surface area contributed by atoms with Crippen LogP contribution >= 0.6 is 0 Å². The van der Waals surface area contributed by atoms with Crippen LogP contribution in [-0.2, 0) is 11.1 Å². The molecule has 5 rings (SSSR count). The van der Waals surface area contributed by atoms with Gasteiger partial charge < -0.3 is 24.6 Å². The van der Waals surface area contributed by atoms with E-state index >= 15 is 0 Å². The lowest BCUT2D eigenvalue weighted by molar-refractivity contribution is -0.265. The summed E-state index contributed by atoms with van der Waals surface area (Å²) in [5, 5.41) is 15.9. The first kappa shape index (κ1) is 31.7. The molecule has 2 aliphatic rings. The number of amides is 1. The van der Waals surface area contributed by atoms with Gasteiger partial charge >= 0.3 is 12.4 Å². The van der Waals surface area contributed by atoms with Gasteiger partial charge in [-0.25, -0.2) is 9.37 Å². The zero-order chi connectivity index (χ0) is 32.8. The normalized spacial score (nSPS) is 19.0. The summed E-state index contributed by atoms with van der Waals surface area (Å²) in [5.74, 6) is -2.15. The zero-order valence-corrected chi connectivity index (χ0v) is 23.0. The maximum Gasteiger partial charge on any atom is 0.424 e. The number of nitrogens with zero attached hydrogens (tertiary/aromatic N) is 4. The summed E-state index contributed by atoms with van der Waals surface area (Å²) in [5.41, 5.74) is -2.06. The number of azide groups is 1. The number of carbonyl (C=O) groups excluding carboxylic acids is 1. The fraction of sp³-hybridized carbons (Fsp3) is 0.357. The molecule has 1 aromatic heterocycles. The predicted octanol–water partition coefficient (Wildman–Crippen LogP) is 6.08. The molecule has 1 unspecified atom stereocenters. The number of methoxy groups -OCH3 is 1. The Labute approximate surface area is 249 Å². The number of fused-ring (bicyclic) bond motifs is 1. The number of aliphatic hydroxyl groups is 1. The Bertz CT molecular complexity index is 1670. The van der Waals surface area contributed by atoms with Crippen LogP contribution in [0.3, 0.4) is 0 Å². The molecule has 17 heteroatoms. The van der Waals surface area contributed by atoms with Crippen molar-refractivity contribution in [3.63, 3.8) is 0 Å². The molecule has 2 N–H and O–H groups in total. The van der Waals surface area contributed by atoms with Crippen LogP contribution in [0.15, 0.2) is 53.6 Å². The van der Waals surface area contributed by atoms with Crippen molar-refractivity contribution in [3.8, 4) is 28.5 Å². The topological polar surface area (TPSA) is 139 Å². The Kier molecular flexibility index (Phi) is 7.95. The summed E-state index contributed by atoms with van der Waals surface area (Å²) in [6.45, 7) is -2.95. The number of nitrogens with one attached hydrogen (secondary N) is 1. The largest absolute Gasteiger partial charge is 0.493 e. The molecule has 1 amide bonds. The zero-order valence-electron chi connectivity index (χ0n) is 23.0. The molecule has 238 valence electrons. The average Bonchev–Trinajstić information content (AvgIpc) is 3.73. The molecule has 1 aliphatic heterocycles. The first-order chi connectivity index (χ1) is 21.1. The minimum absolute atomic E-state index is 0.0275. The van der Waals surface area contributed by atoms with Crippen molar-refractivity contribution in [2.24, 2.45) is 5.11 Å². The fourth-order valence-corrected chi connectivity index (χ4v) is 4.62. The molecule has 1 aliphatic carbocycles. The molecule has 0 spiro atoms. The minimum atomic E-state index is -5.62. The van der Waals surface area contributed by atoms with Gasteiger partial charge in [0.1, 0.15) is 23.9 Å². The van der Waals surface area contributed by atoms with Gasteiger partial charge in [-0.2, -0.15) is 26.3 Å². The Morgan fingerprint density at radius 3 is 2.40 bits per heavy atom. The van der Waals surface area contributed by atoms with E-state index in [1.165, 1.54) is 25.3 Å². The number of halogens is 7. The van der Waals surface area contributed by atoms with Gasteiger partial charge in [0.2, 0.25) is 11.1 Å². The van der Waals surface area contributed by atoms with Crippen LogP contribution < -0.4 is 19.5 Å². The van der Waals surface area contributed by atoms with Gasteiger partial charge in [-0.05, 0) is 66.9 Å². The van der Waals surface area contributed by atoms with Gasteiger partial charge in [0, 0.05) is 21.6 Å². The third kappa shape index (κ3) is 5.76. The van der Waals surface area contributed by atoms with Crippen molar-refractivity contribution in [2.75, 3.05) is 20.3 Å². The summed E-state index contributed by atoms with van der Waals surface area (Å²) < 4.78 is 117. The second kappa shape index (κ2) is 11.3. The minimum Gasteiger partial charge on any atom is -0.493 e. The van der Waals surface area contributed by atoms with Crippen LogP contribution in [-0.4, -0.2) is 54.7 Å². The molecule has 2 heterocycles. The van der Waals surface area contributed by atoms with E-state index in [-0.39, 0.29) is 29.0 Å². The van der Waals surface area contributed by atoms with Crippen molar-refractivity contribution >= 4 is 5.91 Å². The molecule has 0 bridgehead atoms. The third-order valence-corrected chi connectivity index (χ3v) is 7.29. The Morgan fingerprint density at radius 2 is 1.82 bits per heavy atom. The van der Waals surface area contributed by atoms with E-state index in [2.05, 4.69) is 15.0 Å². The van der Waals surface area contributed by atoms with Crippen molar-refractivity contribution in [3.05, 3.63) is 81.6 Å². The van der Waals surface area contributed by atoms with Gasteiger partial charge in [-0.1, -0.05) is 5.11 Å². The van der Waals surface area contributed by atoms with E-state index < -0.39 is 71.1 Å². The highest BCUT2D eigenvalue weighted by molar-refractivity contribution is 5.95. The lowest BCUT2D eigenvalue weighted by Crippen LogP contribution is -2.52. The van der Waals surface area contributed by atoms with Crippen LogP contribution in [0.1, 0.15) is 34.5 Å². The first-order valence-corrected chi connectivity index (χ1v) is 13.1. The summed E-state index contributed by atoms with van der Waals surface area (Å²) in [6, 6.07) is 7.89. The summed E-state index contributed by atoms with van der Waals surface area (Å²) in [4.78, 5) is 19.0. The predicted molar refractivity (Wildman–Crippen MR) is 141 cm³/mol. The van der Waals surface area contributed by atoms with E-state index in [1.807, 2.05) is 5.32 Å². The number of ether oxygens (including phenoxy) is 3. The number of hydrogen-bond acceptors (Lipinski definition) is 7. The van der Waals surface area contributed by atoms with E-state index in [9.17, 15) is 40.6 Å². The maximum absolute atomic E-state index is 14.6. The molecule has 2 aromatic carbocycles. The van der Waals surface area contributed by atoms with Crippen molar-refractivity contribution in [1.29, 1.82) is 0 Å². The second-order valence-electron chi connectivity index (χ2n) is 10.3. The number of pyridine rings is 1. The van der Waals surface area contributed by atoms with Crippen LogP contribution in [0.5, 0.6) is 17.2 Å². The number of hydrogen-bond donors (Lipinski definition) is 2. The lowest BCUT2D eigenvalue weighted by Gasteiger charge is -2.32. The van der Waals surface area contributed by atoms with E-state index in [4.69, 9.17) is 19.7 Å². The quantitative estimate of drug-likeness (QED) is 0.126. The summed E-state index contributed by atoms with van der Waals surface area (Å²) in [6.07, 6.45) is -9.39. The van der Waals surface area contributed by atoms with E-state index in [0.29, 0.717) is 5.75 Å². The van der Waals surface area contributed by atoms with Gasteiger partial charge in [0.15, 0.2) is 11.5 Å². The fourth-order valence-electron chi connectivity index (χ4n) is 4.62. The first-order valence-electron chi connectivity index (χ1n) is 13.1. The molecule has 10 nitrogen and oxygen atoms in total. The van der Waals surface area contributed by atoms with Gasteiger partial charge in [0.25, 0.3) is 5.91 Å². The van der Waals surface area contributed by atoms with Crippen LogP contribution in [0.2, 0.25) is 0 Å².